The monoisotopic (exact) mass is 299 g/mol. The highest BCUT2D eigenvalue weighted by Crippen LogP contribution is 2.40. The number of ether oxygens (including phenoxy) is 1. The highest BCUT2D eigenvalue weighted by atomic mass is 16.5. The van der Waals surface area contributed by atoms with Gasteiger partial charge in [0.1, 0.15) is 11.3 Å². The smallest absolute Gasteiger partial charge is 0.200 e. The number of nitrogens with zero attached hydrogens (tertiary/aromatic N) is 5. The molecule has 22 heavy (non-hydrogen) atoms. The molecule has 0 amide bonds. The van der Waals surface area contributed by atoms with E-state index in [9.17, 15) is 0 Å². The minimum atomic E-state index is -0.477. The molecule has 2 aliphatic heterocycles. The summed E-state index contributed by atoms with van der Waals surface area (Å²) in [5.74, 6) is 0.743. The van der Waals surface area contributed by atoms with Crippen molar-refractivity contribution in [1.29, 1.82) is 0 Å². The molecule has 0 spiro atoms. The number of aryl methyl sites for hydroxylation is 1. The van der Waals surface area contributed by atoms with Gasteiger partial charge in [-0.2, -0.15) is 0 Å². The van der Waals surface area contributed by atoms with Crippen LogP contribution in [0.3, 0.4) is 0 Å². The molecule has 0 aromatic heterocycles. The highest BCUT2D eigenvalue weighted by molar-refractivity contribution is 5.53. The summed E-state index contributed by atoms with van der Waals surface area (Å²) in [6, 6.07) is 8.45. The van der Waals surface area contributed by atoms with Crippen molar-refractivity contribution in [2.24, 2.45) is 5.11 Å². The Morgan fingerprint density at radius 2 is 1.77 bits per heavy atom. The molecule has 0 atom stereocenters. The van der Waals surface area contributed by atoms with Crippen LogP contribution in [0.5, 0.6) is 0 Å². The third kappa shape index (κ3) is 2.46. The van der Waals surface area contributed by atoms with Gasteiger partial charge in [-0.25, -0.2) is 0 Å². The third-order valence-electron chi connectivity index (χ3n) is 4.29. The first-order valence-corrected chi connectivity index (χ1v) is 7.57. The van der Waals surface area contributed by atoms with Crippen LogP contribution in [0.1, 0.15) is 19.4 Å². The first-order chi connectivity index (χ1) is 10.5. The second-order valence-electron chi connectivity index (χ2n) is 6.22. The molecule has 1 saturated heterocycles. The summed E-state index contributed by atoms with van der Waals surface area (Å²) in [6.45, 7) is 9.58. The summed E-state index contributed by atoms with van der Waals surface area (Å²) in [7, 11) is 0. The average Bonchev–Trinajstić information content (AvgIpc) is 2.51. The Hall–Kier alpha value is -2.33. The number of benzene rings is 1. The van der Waals surface area contributed by atoms with Gasteiger partial charge >= 0.3 is 0 Å². The van der Waals surface area contributed by atoms with Crippen molar-refractivity contribution >= 4 is 5.69 Å². The van der Waals surface area contributed by atoms with Crippen molar-refractivity contribution in [2.45, 2.75) is 26.4 Å². The lowest BCUT2D eigenvalue weighted by Gasteiger charge is -2.46. The highest BCUT2D eigenvalue weighted by Gasteiger charge is 2.42. The number of piperazine rings is 1. The van der Waals surface area contributed by atoms with Crippen molar-refractivity contribution in [3.8, 4) is 0 Å². The van der Waals surface area contributed by atoms with Gasteiger partial charge < -0.3 is 14.5 Å². The maximum absolute atomic E-state index is 8.71. The molecule has 116 valence electrons. The predicted octanol–water partition coefficient (Wildman–Crippen LogP) is 3.41. The van der Waals surface area contributed by atoms with Crippen molar-refractivity contribution in [3.05, 3.63) is 51.9 Å². The molecule has 0 radical (unpaired) electrons. The zero-order valence-corrected chi connectivity index (χ0v) is 13.3. The molecule has 6 heteroatoms. The van der Waals surface area contributed by atoms with Gasteiger partial charge in [0.15, 0.2) is 5.88 Å². The molecule has 6 nitrogen and oxygen atoms in total. The summed E-state index contributed by atoms with van der Waals surface area (Å²) >= 11 is 0. The van der Waals surface area contributed by atoms with Crippen LogP contribution in [-0.2, 0) is 4.74 Å². The molecule has 0 N–H and O–H groups in total. The molecule has 3 rings (SSSR count). The van der Waals surface area contributed by atoms with Gasteiger partial charge in [-0.05, 0) is 37.9 Å². The van der Waals surface area contributed by atoms with E-state index >= 15 is 0 Å². The van der Waals surface area contributed by atoms with E-state index in [2.05, 4.69) is 51.0 Å². The topological polar surface area (TPSA) is 64.5 Å². The van der Waals surface area contributed by atoms with Crippen molar-refractivity contribution < 1.29 is 4.74 Å². The predicted molar refractivity (Wildman–Crippen MR) is 86.3 cm³/mol. The van der Waals surface area contributed by atoms with Gasteiger partial charge in [-0.3, -0.25) is 0 Å². The summed E-state index contributed by atoms with van der Waals surface area (Å²) in [4.78, 5) is 7.49. The van der Waals surface area contributed by atoms with Crippen molar-refractivity contribution in [2.75, 3.05) is 31.1 Å². The zero-order chi connectivity index (χ0) is 15.7. The minimum Gasteiger partial charge on any atom is -0.468 e. The number of rotatable bonds is 3. The molecule has 2 heterocycles. The Labute approximate surface area is 130 Å². The number of hydrogen-bond donors (Lipinski definition) is 0. The van der Waals surface area contributed by atoms with Gasteiger partial charge in [0.05, 0.1) is 0 Å². The van der Waals surface area contributed by atoms with Crippen molar-refractivity contribution in [1.82, 2.24) is 4.90 Å². The molecular formula is C16H21N5O. The molecule has 0 bridgehead atoms. The van der Waals surface area contributed by atoms with E-state index in [4.69, 9.17) is 10.3 Å². The van der Waals surface area contributed by atoms with Gasteiger partial charge in [0.2, 0.25) is 0 Å². The summed E-state index contributed by atoms with van der Waals surface area (Å²) in [5, 5.41) is 3.81. The van der Waals surface area contributed by atoms with Gasteiger partial charge in [-0.15, -0.1) is 0 Å². The maximum atomic E-state index is 8.71. The Bertz CT molecular complexity index is 652. The Morgan fingerprint density at radius 3 is 2.36 bits per heavy atom. The fourth-order valence-corrected chi connectivity index (χ4v) is 3.04. The molecule has 1 aromatic rings. The van der Waals surface area contributed by atoms with Crippen LogP contribution in [0.25, 0.3) is 10.4 Å². The Kier molecular flexibility index (Phi) is 3.62. The largest absolute Gasteiger partial charge is 0.468 e. The van der Waals surface area contributed by atoms with E-state index in [0.29, 0.717) is 5.70 Å². The maximum Gasteiger partial charge on any atom is 0.200 e. The van der Waals surface area contributed by atoms with E-state index < -0.39 is 5.60 Å². The van der Waals surface area contributed by atoms with Crippen LogP contribution in [-0.4, -0.2) is 36.7 Å². The quantitative estimate of drug-likeness (QED) is 0.488. The third-order valence-corrected chi connectivity index (χ3v) is 4.29. The Balaban J connectivity index is 1.72. The lowest BCUT2D eigenvalue weighted by atomic mass is 10.00. The first-order valence-electron chi connectivity index (χ1n) is 7.57. The van der Waals surface area contributed by atoms with E-state index in [0.717, 1.165) is 32.1 Å². The van der Waals surface area contributed by atoms with Crippen LogP contribution in [0.15, 0.2) is 41.0 Å². The molecule has 1 aromatic carbocycles. The minimum absolute atomic E-state index is 0.477. The second kappa shape index (κ2) is 5.46. The molecular weight excluding hydrogens is 278 g/mol. The number of anilines is 1. The van der Waals surface area contributed by atoms with Gasteiger partial charge in [0, 0.05) is 36.8 Å². The van der Waals surface area contributed by atoms with E-state index in [1.807, 2.05) is 13.8 Å². The van der Waals surface area contributed by atoms with Crippen LogP contribution in [0.4, 0.5) is 5.69 Å². The zero-order valence-electron chi connectivity index (χ0n) is 13.3. The van der Waals surface area contributed by atoms with E-state index in [-0.39, 0.29) is 0 Å². The van der Waals surface area contributed by atoms with Crippen LogP contribution in [0, 0.1) is 6.92 Å². The summed E-state index contributed by atoms with van der Waals surface area (Å²) in [6.07, 6.45) is 0. The first kappa shape index (κ1) is 14.6. The lowest BCUT2D eigenvalue weighted by Crippen LogP contribution is -2.51. The van der Waals surface area contributed by atoms with Crippen molar-refractivity contribution in [3.63, 3.8) is 0 Å². The lowest BCUT2D eigenvalue weighted by molar-refractivity contribution is -0.0477. The van der Waals surface area contributed by atoms with Crippen LogP contribution < -0.4 is 4.90 Å². The molecule has 2 aliphatic rings. The number of para-hydroxylation sites is 1. The normalized spacial score (nSPS) is 20.1. The molecule has 0 aliphatic carbocycles. The molecule has 0 saturated carbocycles. The second-order valence-corrected chi connectivity index (χ2v) is 6.22. The summed E-state index contributed by atoms with van der Waals surface area (Å²) in [5.41, 5.74) is 11.5. The van der Waals surface area contributed by atoms with Gasteiger partial charge in [0.25, 0.3) is 0 Å². The standard InChI is InChI=1S/C16H21N5O/c1-12-6-4-5-7-13(12)20-8-10-21(11-9-20)15-14(18-19-17)16(2,3)22-15/h4-7H,8-11H2,1-3H3. The SMILES string of the molecule is Cc1ccccc1N1CCN(C2=C(N=[N+]=[N-])C(C)(C)O2)CC1. The number of hydrogen-bond acceptors (Lipinski definition) is 4. The average molecular weight is 299 g/mol. The van der Waals surface area contributed by atoms with E-state index in [1.54, 1.807) is 0 Å². The van der Waals surface area contributed by atoms with Crippen LogP contribution >= 0.6 is 0 Å². The summed E-state index contributed by atoms with van der Waals surface area (Å²) < 4.78 is 5.82. The fraction of sp³-hybridized carbons (Fsp3) is 0.500. The Morgan fingerprint density at radius 1 is 1.14 bits per heavy atom. The van der Waals surface area contributed by atoms with Crippen LogP contribution in [0.2, 0.25) is 0 Å². The van der Waals surface area contributed by atoms with E-state index in [1.165, 1.54) is 11.3 Å². The molecule has 0 unspecified atom stereocenters. The van der Waals surface area contributed by atoms with Gasteiger partial charge in [-0.1, -0.05) is 23.3 Å². The fourth-order valence-electron chi connectivity index (χ4n) is 3.04. The number of azide groups is 1. The molecule has 1 fully saturated rings.